The maximum absolute atomic E-state index is 15.8. The summed E-state index contributed by atoms with van der Waals surface area (Å²) in [6, 6.07) is 1.24. The summed E-state index contributed by atoms with van der Waals surface area (Å²) < 4.78 is 64.3. The number of rotatable bonds is 14. The van der Waals surface area contributed by atoms with E-state index in [1.54, 1.807) is 0 Å². The number of hydrogen-bond donors (Lipinski definition) is 4. The van der Waals surface area contributed by atoms with Gasteiger partial charge in [0, 0.05) is 32.2 Å². The van der Waals surface area contributed by atoms with Gasteiger partial charge >= 0.3 is 5.69 Å². The highest BCUT2D eigenvalue weighted by atomic mass is 31.2. The molecule has 2 fully saturated rings. The molecule has 20 nitrogen and oxygen atoms in total. The van der Waals surface area contributed by atoms with Gasteiger partial charge in [-0.25, -0.2) is 14.2 Å². The molecule has 2 aliphatic rings. The van der Waals surface area contributed by atoms with Gasteiger partial charge in [-0.05, 0) is 33.8 Å². The number of amides is 1. The van der Waals surface area contributed by atoms with Gasteiger partial charge in [-0.2, -0.15) is 9.97 Å². The Hall–Kier alpha value is -3.82. The minimum absolute atomic E-state index is 0.0186. The maximum Gasteiger partial charge on any atom is 0.351 e. The predicted octanol–water partition coefficient (Wildman–Crippen LogP) is -0.485. The number of aromatic nitrogens is 6. The van der Waals surface area contributed by atoms with Crippen LogP contribution in [0.25, 0.3) is 11.2 Å². The SMILES string of the molecule is COC1C(CC(=O)NC[C@H]2O[C@@H](n3ccc(N)nc3=O)C(F)C2OP(=O)([O-])OC(C)C)[C@@H](COC(C)C)O[C@H]1n1cnc2c(=O)[nH]c(N)nc21. The van der Waals surface area contributed by atoms with Gasteiger partial charge < -0.3 is 49.7 Å². The van der Waals surface area contributed by atoms with E-state index in [-0.39, 0.29) is 42.1 Å². The van der Waals surface area contributed by atoms with E-state index in [1.165, 1.54) is 37.9 Å². The maximum atomic E-state index is 15.8. The highest BCUT2D eigenvalue weighted by molar-refractivity contribution is 7.45. The zero-order chi connectivity index (χ0) is 36.5. The summed E-state index contributed by atoms with van der Waals surface area (Å²) >= 11 is 0. The molecule has 1 amide bonds. The number of phosphoric ester groups is 1. The third-order valence-electron chi connectivity index (χ3n) is 7.99. The Kier molecular flexibility index (Phi) is 11.4. The average Bonchev–Trinajstić information content (AvgIpc) is 3.68. The number of fused-ring (bicyclic) bond motifs is 1. The first-order valence-electron chi connectivity index (χ1n) is 15.7. The molecule has 6 N–H and O–H groups in total. The molecule has 0 radical (unpaired) electrons. The van der Waals surface area contributed by atoms with Crippen LogP contribution in [0.3, 0.4) is 0 Å². The fourth-order valence-electron chi connectivity index (χ4n) is 5.88. The third-order valence-corrected chi connectivity index (χ3v) is 9.17. The molecule has 0 spiro atoms. The van der Waals surface area contributed by atoms with Crippen molar-refractivity contribution in [1.29, 1.82) is 0 Å². The van der Waals surface area contributed by atoms with E-state index >= 15 is 4.39 Å². The molecule has 3 aromatic heterocycles. The summed E-state index contributed by atoms with van der Waals surface area (Å²) in [6.45, 7) is 6.18. The van der Waals surface area contributed by atoms with Gasteiger partial charge in [0.25, 0.3) is 13.4 Å². The van der Waals surface area contributed by atoms with Crippen LogP contribution in [0, 0.1) is 5.92 Å². The van der Waals surface area contributed by atoms with Crippen LogP contribution >= 0.6 is 7.82 Å². The molecule has 0 aromatic carbocycles. The minimum atomic E-state index is -5.07. The average molecular weight is 729 g/mol. The number of nitrogen functional groups attached to an aromatic ring is 2. The number of halogens is 1. The van der Waals surface area contributed by atoms with Crippen molar-refractivity contribution in [3.8, 4) is 0 Å². The van der Waals surface area contributed by atoms with E-state index in [9.17, 15) is 23.8 Å². The lowest BCUT2D eigenvalue weighted by atomic mass is 9.93. The summed E-state index contributed by atoms with van der Waals surface area (Å²) in [5, 5.41) is 2.64. The van der Waals surface area contributed by atoms with Gasteiger partial charge in [-0.15, -0.1) is 0 Å². The number of nitrogens with one attached hydrogen (secondary N) is 2. The van der Waals surface area contributed by atoms with Gasteiger partial charge in [-0.1, -0.05) is 0 Å². The van der Waals surface area contributed by atoms with Crippen molar-refractivity contribution in [2.24, 2.45) is 5.92 Å². The molecule has 9 atom stereocenters. The van der Waals surface area contributed by atoms with Crippen molar-refractivity contribution in [2.45, 2.75) is 89.4 Å². The second-order valence-corrected chi connectivity index (χ2v) is 13.6. The number of nitrogens with two attached hydrogens (primary N) is 2. The molecule has 0 saturated carbocycles. The molecule has 0 aliphatic carbocycles. The first kappa shape index (κ1) is 37.4. The van der Waals surface area contributed by atoms with E-state index in [0.29, 0.717) is 0 Å². The lowest BCUT2D eigenvalue weighted by Crippen LogP contribution is -2.42. The molecule has 5 rings (SSSR count). The summed E-state index contributed by atoms with van der Waals surface area (Å²) in [5.41, 5.74) is 9.98. The minimum Gasteiger partial charge on any atom is -0.756 e. The number of imidazole rings is 1. The molecule has 50 heavy (non-hydrogen) atoms. The number of nitrogens with zero attached hydrogens (tertiary/aromatic N) is 5. The molecule has 5 heterocycles. The molecule has 3 aromatic rings. The summed E-state index contributed by atoms with van der Waals surface area (Å²) in [5.74, 6) is -1.46. The standard InChI is InChI=1S/C28H41FN9O11P/c1-12(2)45-10-16-14(21(44-5)26(47-16)38-11-33-20-23(38)35-27(31)36-24(20)40)8-18(39)32-9-15-22(49-50(42,43)48-13(3)4)19(29)25(46-15)37-7-6-17(30)34-28(37)41/h6-7,11-16,19,21-22,25-26H,8-10H2,1-5H3,(H,32,39)(H,42,43)(H2,30,34,41)(H3,31,35,36,40)/p-1/t14?,15-,16-,19?,21?,22?,25-,26-/m1/s1. The van der Waals surface area contributed by atoms with Gasteiger partial charge in [0.05, 0.1) is 31.2 Å². The normalized spacial score (nSPS) is 28.1. The smallest absolute Gasteiger partial charge is 0.351 e. The second kappa shape index (κ2) is 15.2. The number of hydrogen-bond acceptors (Lipinski definition) is 16. The van der Waals surface area contributed by atoms with Crippen LogP contribution in [0.5, 0.6) is 0 Å². The summed E-state index contributed by atoms with van der Waals surface area (Å²) in [6.07, 6.45) is -8.19. The van der Waals surface area contributed by atoms with Crippen molar-refractivity contribution in [1.82, 2.24) is 34.4 Å². The number of aromatic amines is 1. The highest BCUT2D eigenvalue weighted by Crippen LogP contribution is 2.46. The number of methoxy groups -OCH3 is 1. The van der Waals surface area contributed by atoms with Gasteiger partial charge in [-0.3, -0.25) is 28.3 Å². The Bertz CT molecular complexity index is 1840. The van der Waals surface area contributed by atoms with Crippen LogP contribution in [0.2, 0.25) is 0 Å². The van der Waals surface area contributed by atoms with Crippen molar-refractivity contribution < 1.29 is 46.6 Å². The summed E-state index contributed by atoms with van der Waals surface area (Å²) in [4.78, 5) is 65.2. The largest absolute Gasteiger partial charge is 0.756 e. The molecular weight excluding hydrogens is 688 g/mol. The molecular formula is C28H40FN9O11P-. The Labute approximate surface area is 284 Å². The lowest BCUT2D eigenvalue weighted by Gasteiger charge is -2.30. The Morgan fingerprint density at radius 1 is 1.12 bits per heavy atom. The van der Waals surface area contributed by atoms with Crippen molar-refractivity contribution >= 4 is 36.7 Å². The van der Waals surface area contributed by atoms with Crippen LogP contribution in [0.4, 0.5) is 16.2 Å². The zero-order valence-electron chi connectivity index (χ0n) is 27.8. The Balaban J connectivity index is 1.36. The van der Waals surface area contributed by atoms with Crippen molar-refractivity contribution in [2.75, 3.05) is 31.7 Å². The highest BCUT2D eigenvalue weighted by Gasteiger charge is 2.50. The fourth-order valence-corrected chi connectivity index (χ4v) is 7.00. The first-order valence-corrected chi connectivity index (χ1v) is 17.2. The quantitative estimate of drug-likeness (QED) is 0.153. The third kappa shape index (κ3) is 8.21. The number of alkyl halides is 1. The first-order chi connectivity index (χ1) is 23.6. The Morgan fingerprint density at radius 2 is 1.84 bits per heavy atom. The van der Waals surface area contributed by atoms with E-state index in [1.807, 2.05) is 13.8 Å². The van der Waals surface area contributed by atoms with E-state index in [4.69, 9.17) is 39.5 Å². The van der Waals surface area contributed by atoms with E-state index in [2.05, 4.69) is 25.3 Å². The molecule has 276 valence electrons. The molecule has 2 saturated heterocycles. The number of ether oxygens (including phenoxy) is 4. The zero-order valence-corrected chi connectivity index (χ0v) is 28.7. The number of anilines is 2. The second-order valence-electron chi connectivity index (χ2n) is 12.3. The molecule has 22 heteroatoms. The summed E-state index contributed by atoms with van der Waals surface area (Å²) in [7, 11) is -3.64. The van der Waals surface area contributed by atoms with Crippen LogP contribution in [0.15, 0.2) is 28.2 Å². The number of carbonyl (C=O) groups excluding carboxylic acids is 1. The number of carbonyl (C=O) groups is 1. The monoisotopic (exact) mass is 728 g/mol. The Morgan fingerprint density at radius 3 is 2.50 bits per heavy atom. The topological polar surface area (TPSA) is 275 Å². The van der Waals surface area contributed by atoms with Gasteiger partial charge in [0.15, 0.2) is 29.8 Å². The predicted molar refractivity (Wildman–Crippen MR) is 170 cm³/mol. The number of phosphoric acid groups is 1. The van der Waals surface area contributed by atoms with Crippen LogP contribution in [0.1, 0.15) is 46.6 Å². The fraction of sp³-hybridized carbons (Fsp3) is 0.643. The van der Waals surface area contributed by atoms with Crippen molar-refractivity contribution in [3.63, 3.8) is 0 Å². The lowest BCUT2D eigenvalue weighted by molar-refractivity contribution is -0.235. The number of H-pyrrole nitrogens is 1. The van der Waals surface area contributed by atoms with Crippen LogP contribution in [-0.4, -0.2) is 98.0 Å². The van der Waals surface area contributed by atoms with Gasteiger partial charge in [0.1, 0.15) is 24.1 Å². The van der Waals surface area contributed by atoms with Crippen LogP contribution in [-0.2, 0) is 37.4 Å². The van der Waals surface area contributed by atoms with Gasteiger partial charge in [0.2, 0.25) is 11.9 Å². The van der Waals surface area contributed by atoms with E-state index < -0.39 is 86.6 Å². The van der Waals surface area contributed by atoms with E-state index in [0.717, 1.165) is 10.8 Å². The molecule has 2 aliphatic heterocycles. The van der Waals surface area contributed by atoms with Crippen molar-refractivity contribution in [3.05, 3.63) is 39.4 Å². The van der Waals surface area contributed by atoms with Crippen LogP contribution < -0.4 is 32.9 Å². The molecule has 0 bridgehead atoms. The molecule has 5 unspecified atom stereocenters.